The fourth-order valence-electron chi connectivity index (χ4n) is 5.63. The molecule has 1 saturated heterocycles. The van der Waals surface area contributed by atoms with Crippen LogP contribution in [0.4, 0.5) is 18.0 Å². The van der Waals surface area contributed by atoms with E-state index in [-0.39, 0.29) is 30.3 Å². The SMILES string of the molecule is Cc1cc(-c2cc(F)c(=O)n(CC3CCN(C(=O)OC(C)(C)C)CC3)c2)nc(SCCC(OCc2ccc(F)cc2F)c2ccccc2)n1. The van der Waals surface area contributed by atoms with Gasteiger partial charge in [-0.05, 0) is 76.6 Å². The van der Waals surface area contributed by atoms with Gasteiger partial charge in [0.25, 0.3) is 5.56 Å². The van der Waals surface area contributed by atoms with E-state index in [1.54, 1.807) is 17.2 Å². The topological polar surface area (TPSA) is 86.6 Å². The molecule has 0 radical (unpaired) electrons. The first-order valence-electron chi connectivity index (χ1n) is 16.3. The molecule has 0 spiro atoms. The van der Waals surface area contributed by atoms with Gasteiger partial charge in [0.05, 0.1) is 18.4 Å². The Morgan fingerprint density at radius 2 is 1.73 bits per heavy atom. The van der Waals surface area contributed by atoms with Crippen molar-refractivity contribution in [1.29, 1.82) is 0 Å². The van der Waals surface area contributed by atoms with Crippen LogP contribution >= 0.6 is 11.8 Å². The fourth-order valence-corrected chi connectivity index (χ4v) is 6.52. The lowest BCUT2D eigenvalue weighted by Gasteiger charge is -2.33. The predicted octanol–water partition coefficient (Wildman–Crippen LogP) is 8.12. The molecule has 1 atom stereocenters. The number of hydrogen-bond acceptors (Lipinski definition) is 7. The van der Waals surface area contributed by atoms with Gasteiger partial charge in [-0.3, -0.25) is 4.79 Å². The molecule has 12 heteroatoms. The summed E-state index contributed by atoms with van der Waals surface area (Å²) < 4.78 is 55.6. The van der Waals surface area contributed by atoms with E-state index in [1.807, 2.05) is 58.0 Å². The average molecular weight is 695 g/mol. The van der Waals surface area contributed by atoms with Gasteiger partial charge in [-0.15, -0.1) is 0 Å². The largest absolute Gasteiger partial charge is 0.444 e. The molecule has 1 unspecified atom stereocenters. The van der Waals surface area contributed by atoms with Crippen LogP contribution in [0.15, 0.2) is 76.8 Å². The van der Waals surface area contributed by atoms with Crippen LogP contribution in [-0.4, -0.2) is 50.0 Å². The highest BCUT2D eigenvalue weighted by Crippen LogP contribution is 2.29. The highest BCUT2D eigenvalue weighted by atomic mass is 32.2. The van der Waals surface area contributed by atoms with Crippen molar-refractivity contribution in [3.05, 3.63) is 111 Å². The summed E-state index contributed by atoms with van der Waals surface area (Å²) in [5.41, 5.74) is 1.54. The average Bonchev–Trinajstić information content (AvgIpc) is 3.05. The van der Waals surface area contributed by atoms with Gasteiger partial charge in [0.2, 0.25) is 0 Å². The maximum Gasteiger partial charge on any atom is 0.410 e. The number of carbonyl (C=O) groups excluding carboxylic acids is 1. The number of thioether (sulfide) groups is 1. The molecule has 1 fully saturated rings. The number of halogens is 3. The molecule has 1 aliphatic rings. The molecule has 2 aromatic heterocycles. The van der Waals surface area contributed by atoms with Crippen molar-refractivity contribution in [2.24, 2.45) is 5.92 Å². The zero-order chi connectivity index (χ0) is 35.1. The first-order chi connectivity index (χ1) is 23.3. The Morgan fingerprint density at radius 1 is 1.00 bits per heavy atom. The normalized spacial score (nSPS) is 14.6. The minimum Gasteiger partial charge on any atom is -0.444 e. The Morgan fingerprint density at radius 3 is 2.43 bits per heavy atom. The minimum absolute atomic E-state index is 0.0223. The van der Waals surface area contributed by atoms with Crippen LogP contribution in [0.3, 0.4) is 0 Å². The molecule has 4 aromatic rings. The van der Waals surface area contributed by atoms with Crippen LogP contribution in [0.25, 0.3) is 11.3 Å². The smallest absolute Gasteiger partial charge is 0.410 e. The molecule has 1 aliphatic heterocycles. The summed E-state index contributed by atoms with van der Waals surface area (Å²) >= 11 is 1.41. The summed E-state index contributed by atoms with van der Waals surface area (Å²) in [5.74, 6) is -1.52. The number of rotatable bonds is 11. The van der Waals surface area contributed by atoms with Crippen molar-refractivity contribution in [3.63, 3.8) is 0 Å². The molecule has 0 N–H and O–H groups in total. The van der Waals surface area contributed by atoms with Crippen molar-refractivity contribution in [1.82, 2.24) is 19.4 Å². The lowest BCUT2D eigenvalue weighted by atomic mass is 9.97. The molecule has 0 aliphatic carbocycles. The van der Waals surface area contributed by atoms with Crippen molar-refractivity contribution in [3.8, 4) is 11.3 Å². The Bertz CT molecular complexity index is 1810. The number of pyridine rings is 1. The van der Waals surface area contributed by atoms with E-state index in [9.17, 15) is 22.8 Å². The molecular weight excluding hydrogens is 653 g/mol. The number of ether oxygens (including phenoxy) is 2. The van der Waals surface area contributed by atoms with Crippen molar-refractivity contribution >= 4 is 17.9 Å². The third kappa shape index (κ3) is 10.2. The third-order valence-corrected chi connectivity index (χ3v) is 9.01. The first-order valence-corrected chi connectivity index (χ1v) is 17.3. The van der Waals surface area contributed by atoms with E-state index in [4.69, 9.17) is 9.47 Å². The van der Waals surface area contributed by atoms with Gasteiger partial charge in [-0.1, -0.05) is 48.2 Å². The monoisotopic (exact) mass is 694 g/mol. The Hall–Kier alpha value is -4.16. The van der Waals surface area contributed by atoms with Crippen molar-refractivity contribution in [2.75, 3.05) is 18.8 Å². The molecule has 5 rings (SSSR count). The lowest BCUT2D eigenvalue weighted by Crippen LogP contribution is -2.42. The maximum atomic E-state index is 15.0. The number of likely N-dealkylation sites (tertiary alicyclic amines) is 1. The predicted molar refractivity (Wildman–Crippen MR) is 183 cm³/mol. The number of benzene rings is 2. The van der Waals surface area contributed by atoms with Gasteiger partial charge in [-0.25, -0.2) is 27.9 Å². The molecule has 3 heterocycles. The lowest BCUT2D eigenvalue weighted by molar-refractivity contribution is 0.0178. The summed E-state index contributed by atoms with van der Waals surface area (Å²) in [6.45, 7) is 8.61. The number of hydrogen-bond donors (Lipinski definition) is 0. The highest BCUT2D eigenvalue weighted by Gasteiger charge is 2.27. The van der Waals surface area contributed by atoms with E-state index in [2.05, 4.69) is 9.97 Å². The van der Waals surface area contributed by atoms with Crippen LogP contribution in [-0.2, 0) is 22.6 Å². The second-order valence-electron chi connectivity index (χ2n) is 13.2. The summed E-state index contributed by atoms with van der Waals surface area (Å²) in [5, 5.41) is 0.485. The molecule has 260 valence electrons. The molecule has 2 aromatic carbocycles. The molecular formula is C37H41F3N4O4S. The van der Waals surface area contributed by atoms with Gasteiger partial charge in [-0.2, -0.15) is 0 Å². The molecule has 49 heavy (non-hydrogen) atoms. The van der Waals surface area contributed by atoms with Crippen LogP contribution in [0.2, 0.25) is 0 Å². The second-order valence-corrected chi connectivity index (χ2v) is 14.3. The van der Waals surface area contributed by atoms with E-state index in [1.165, 1.54) is 34.5 Å². The van der Waals surface area contributed by atoms with E-state index in [0.717, 1.165) is 11.6 Å². The highest BCUT2D eigenvalue weighted by molar-refractivity contribution is 7.99. The Kier molecular flexibility index (Phi) is 11.8. The Labute approximate surface area is 288 Å². The number of piperidine rings is 1. The molecule has 0 saturated carbocycles. The number of carbonyl (C=O) groups is 1. The van der Waals surface area contributed by atoms with Crippen molar-refractivity contribution < 1.29 is 27.4 Å². The zero-order valence-corrected chi connectivity index (χ0v) is 28.9. The van der Waals surface area contributed by atoms with Gasteiger partial charge >= 0.3 is 6.09 Å². The Balaban J connectivity index is 1.24. The zero-order valence-electron chi connectivity index (χ0n) is 28.1. The molecule has 8 nitrogen and oxygen atoms in total. The summed E-state index contributed by atoms with van der Waals surface area (Å²) in [6.07, 6.45) is 2.80. The summed E-state index contributed by atoms with van der Waals surface area (Å²) in [6, 6.07) is 16.0. The molecule has 1 amide bonds. The quantitative estimate of drug-likeness (QED) is 0.116. The van der Waals surface area contributed by atoms with E-state index in [0.29, 0.717) is 66.8 Å². The van der Waals surface area contributed by atoms with Crippen LogP contribution in [0.5, 0.6) is 0 Å². The van der Waals surface area contributed by atoms with Gasteiger partial charge in [0.1, 0.15) is 17.2 Å². The molecule has 0 bridgehead atoms. The van der Waals surface area contributed by atoms with Crippen LogP contribution < -0.4 is 5.56 Å². The van der Waals surface area contributed by atoms with E-state index < -0.39 is 28.6 Å². The van der Waals surface area contributed by atoms with Crippen LogP contribution in [0, 0.1) is 30.3 Å². The number of nitrogens with zero attached hydrogens (tertiary/aromatic N) is 4. The number of amides is 1. The second kappa shape index (κ2) is 16.0. The van der Waals surface area contributed by atoms with Crippen LogP contribution in [0.1, 0.15) is 63.0 Å². The summed E-state index contributed by atoms with van der Waals surface area (Å²) in [7, 11) is 0. The third-order valence-electron chi connectivity index (χ3n) is 8.13. The summed E-state index contributed by atoms with van der Waals surface area (Å²) in [4.78, 5) is 36.2. The first kappa shape index (κ1) is 36.1. The van der Waals surface area contributed by atoms with E-state index >= 15 is 0 Å². The van der Waals surface area contributed by atoms with Gasteiger partial charge in [0.15, 0.2) is 11.0 Å². The van der Waals surface area contributed by atoms with Gasteiger partial charge in [0, 0.05) is 54.5 Å². The standard InChI is InChI=1S/C37H41F3N4O4S/c1-24-18-32(28-19-31(40)34(45)44(22-28)21-25-12-15-43(16-13-25)36(46)48-37(2,3)4)42-35(41-24)49-17-14-33(26-8-6-5-7-9-26)47-23-27-10-11-29(38)20-30(27)39/h5-11,18-20,22,25,33H,12-17,21,23H2,1-4H3. The van der Waals surface area contributed by atoms with Crippen molar-refractivity contribution in [2.45, 2.75) is 77.0 Å². The number of aryl methyl sites for hydroxylation is 1. The number of aromatic nitrogens is 3. The minimum atomic E-state index is -0.866. The fraction of sp³-hybridized carbons (Fsp3) is 0.405. The maximum absolute atomic E-state index is 15.0. The van der Waals surface area contributed by atoms with Gasteiger partial charge < -0.3 is 18.9 Å².